The number of fused-ring (bicyclic) bond motifs is 1. The van der Waals surface area contributed by atoms with Crippen LogP contribution in [0.15, 0.2) is 48.9 Å². The lowest BCUT2D eigenvalue weighted by Gasteiger charge is -2.47. The van der Waals surface area contributed by atoms with Crippen LogP contribution in [0, 0.1) is 11.3 Å². The smallest absolute Gasteiger partial charge is 0.211 e. The summed E-state index contributed by atoms with van der Waals surface area (Å²) >= 11 is 0. The van der Waals surface area contributed by atoms with Crippen LogP contribution in [-0.4, -0.2) is 56.8 Å². The quantitative estimate of drug-likeness (QED) is 0.435. The molecule has 1 aliphatic heterocycles. The molecule has 4 aromatic rings. The molecule has 1 fully saturated rings. The summed E-state index contributed by atoms with van der Waals surface area (Å²) in [6.07, 6.45) is 6.34. The molecule has 12 heteroatoms. The summed E-state index contributed by atoms with van der Waals surface area (Å²) < 4.78 is 26.8. The fourth-order valence-electron chi connectivity index (χ4n) is 4.09. The van der Waals surface area contributed by atoms with Crippen molar-refractivity contribution in [3.63, 3.8) is 0 Å². The average Bonchev–Trinajstić information content (AvgIpc) is 3.26. The molecular formula is C22H21N9O2S. The molecule has 11 nitrogen and oxygen atoms in total. The summed E-state index contributed by atoms with van der Waals surface area (Å²) in [5.41, 5.74) is 14.5. The molecule has 172 valence electrons. The molecular weight excluding hydrogens is 454 g/mol. The minimum atomic E-state index is -3.34. The summed E-state index contributed by atoms with van der Waals surface area (Å²) in [7, 11) is -3.34. The Kier molecular flexibility index (Phi) is 4.96. The summed E-state index contributed by atoms with van der Waals surface area (Å²) in [5.74, 6) is 0.244. The van der Waals surface area contributed by atoms with Crippen molar-refractivity contribution < 1.29 is 8.42 Å². The van der Waals surface area contributed by atoms with Crippen molar-refractivity contribution in [3.8, 4) is 28.7 Å². The lowest BCUT2D eigenvalue weighted by molar-refractivity contribution is 0.0726. The lowest BCUT2D eigenvalue weighted by atomic mass is 9.89. The van der Waals surface area contributed by atoms with Crippen LogP contribution in [0.2, 0.25) is 0 Å². The number of rotatable bonds is 5. The van der Waals surface area contributed by atoms with Gasteiger partial charge in [0.15, 0.2) is 0 Å². The normalized spacial score (nSPS) is 15.6. The zero-order valence-corrected chi connectivity index (χ0v) is 19.1. The van der Waals surface area contributed by atoms with Crippen molar-refractivity contribution in [1.29, 1.82) is 5.26 Å². The van der Waals surface area contributed by atoms with Crippen LogP contribution < -0.4 is 11.5 Å². The molecule has 0 aliphatic carbocycles. The van der Waals surface area contributed by atoms with Gasteiger partial charge in [-0.2, -0.15) is 14.7 Å². The summed E-state index contributed by atoms with van der Waals surface area (Å²) in [6, 6.07) is 11.2. The summed E-state index contributed by atoms with van der Waals surface area (Å²) in [5, 5.41) is 14.9. The van der Waals surface area contributed by atoms with Gasteiger partial charge in [0.2, 0.25) is 10.0 Å². The molecule has 4 aromatic heterocycles. The molecule has 0 spiro atoms. The number of pyridine rings is 3. The van der Waals surface area contributed by atoms with Crippen molar-refractivity contribution in [3.05, 3.63) is 48.9 Å². The molecule has 0 atom stereocenters. The number of anilines is 2. The molecule has 34 heavy (non-hydrogen) atoms. The number of sulfonamides is 1. The van der Waals surface area contributed by atoms with E-state index in [0.717, 1.165) is 11.6 Å². The fraction of sp³-hybridized carbons (Fsp3) is 0.227. The standard InChI is InChI=1S/C22H21N9O2S/c1-34(32,33)30-12-22(13-30,5-6-23)31-8-4-17(29-31)20-15-3-2-7-26-19(15)10-18(28-20)14-9-16(24)21(25)27-11-14/h2-4,7-11H,5,12-13,24H2,1H3,(H2,25,27). The number of nitrogens with two attached hydrogens (primary N) is 2. The Balaban J connectivity index is 1.60. The Hall–Kier alpha value is -4.08. The molecule has 1 aliphatic rings. The number of nitriles is 1. The second-order valence-corrected chi connectivity index (χ2v) is 10.3. The van der Waals surface area contributed by atoms with Gasteiger partial charge in [-0.25, -0.2) is 18.4 Å². The predicted octanol–water partition coefficient (Wildman–Crippen LogP) is 1.60. The molecule has 0 saturated carbocycles. The van der Waals surface area contributed by atoms with Gasteiger partial charge in [-0.15, -0.1) is 0 Å². The van der Waals surface area contributed by atoms with Gasteiger partial charge in [0.1, 0.15) is 22.7 Å². The van der Waals surface area contributed by atoms with E-state index in [0.29, 0.717) is 33.8 Å². The summed E-state index contributed by atoms with van der Waals surface area (Å²) in [6.45, 7) is 0.374. The van der Waals surface area contributed by atoms with Crippen molar-refractivity contribution in [1.82, 2.24) is 29.0 Å². The van der Waals surface area contributed by atoms with E-state index in [4.69, 9.17) is 21.5 Å². The van der Waals surface area contributed by atoms with Crippen molar-refractivity contribution in [2.75, 3.05) is 30.8 Å². The molecule has 0 aromatic carbocycles. The van der Waals surface area contributed by atoms with E-state index in [-0.39, 0.29) is 25.3 Å². The fourth-order valence-corrected chi connectivity index (χ4v) is 5.04. The van der Waals surface area contributed by atoms with E-state index >= 15 is 0 Å². The number of hydrogen-bond acceptors (Lipinski definition) is 9. The van der Waals surface area contributed by atoms with Crippen LogP contribution in [0.25, 0.3) is 33.5 Å². The van der Waals surface area contributed by atoms with E-state index in [1.165, 1.54) is 4.31 Å². The molecule has 0 bridgehead atoms. The van der Waals surface area contributed by atoms with Crippen molar-refractivity contribution >= 4 is 32.4 Å². The second-order valence-electron chi connectivity index (χ2n) is 8.36. The third kappa shape index (κ3) is 3.60. The van der Waals surface area contributed by atoms with Gasteiger partial charge in [-0.05, 0) is 30.3 Å². The third-order valence-electron chi connectivity index (χ3n) is 5.98. The predicted molar refractivity (Wildman–Crippen MR) is 127 cm³/mol. The minimum absolute atomic E-state index is 0.131. The maximum atomic E-state index is 11.9. The van der Waals surface area contributed by atoms with E-state index in [2.05, 4.69) is 16.0 Å². The average molecular weight is 476 g/mol. The Labute approximate surface area is 195 Å². The maximum Gasteiger partial charge on any atom is 0.211 e. The van der Waals surface area contributed by atoms with Crippen LogP contribution >= 0.6 is 0 Å². The lowest BCUT2D eigenvalue weighted by Crippen LogP contribution is -2.63. The summed E-state index contributed by atoms with van der Waals surface area (Å²) in [4.78, 5) is 13.4. The Bertz CT molecular complexity index is 1570. The van der Waals surface area contributed by atoms with Gasteiger partial charge in [0.25, 0.3) is 0 Å². The highest BCUT2D eigenvalue weighted by molar-refractivity contribution is 7.88. The molecule has 5 heterocycles. The molecule has 1 saturated heterocycles. The zero-order chi connectivity index (χ0) is 24.1. The monoisotopic (exact) mass is 475 g/mol. The van der Waals surface area contributed by atoms with Crippen LogP contribution in [0.5, 0.6) is 0 Å². The first-order valence-corrected chi connectivity index (χ1v) is 12.2. The second kappa shape index (κ2) is 7.75. The molecule has 0 unspecified atom stereocenters. The molecule has 0 amide bonds. The van der Waals surface area contributed by atoms with Gasteiger partial charge >= 0.3 is 0 Å². The van der Waals surface area contributed by atoms with E-state index in [9.17, 15) is 13.7 Å². The maximum absolute atomic E-state index is 11.9. The van der Waals surface area contributed by atoms with E-state index in [1.54, 1.807) is 35.4 Å². The van der Waals surface area contributed by atoms with Gasteiger partial charge in [0, 0.05) is 42.6 Å². The Morgan fingerprint density at radius 3 is 2.68 bits per heavy atom. The van der Waals surface area contributed by atoms with Gasteiger partial charge in [0.05, 0.1) is 35.6 Å². The van der Waals surface area contributed by atoms with Crippen LogP contribution in [-0.2, 0) is 15.6 Å². The van der Waals surface area contributed by atoms with Crippen LogP contribution in [0.3, 0.4) is 0 Å². The highest BCUT2D eigenvalue weighted by Gasteiger charge is 2.49. The molecule has 4 N–H and O–H groups in total. The highest BCUT2D eigenvalue weighted by atomic mass is 32.2. The first-order chi connectivity index (χ1) is 16.2. The topological polar surface area (TPSA) is 170 Å². The minimum Gasteiger partial charge on any atom is -0.396 e. The number of nitrogens with zero attached hydrogens (tertiary/aromatic N) is 7. The van der Waals surface area contributed by atoms with Crippen LogP contribution in [0.4, 0.5) is 11.5 Å². The van der Waals surface area contributed by atoms with Crippen LogP contribution in [0.1, 0.15) is 6.42 Å². The largest absolute Gasteiger partial charge is 0.396 e. The van der Waals surface area contributed by atoms with E-state index in [1.807, 2.05) is 18.2 Å². The van der Waals surface area contributed by atoms with Gasteiger partial charge in [-0.1, -0.05) is 0 Å². The molecule has 5 rings (SSSR count). The third-order valence-corrected chi connectivity index (χ3v) is 7.18. The van der Waals surface area contributed by atoms with E-state index < -0.39 is 15.6 Å². The first-order valence-electron chi connectivity index (χ1n) is 10.4. The molecule has 0 radical (unpaired) electrons. The number of hydrogen-bond donors (Lipinski definition) is 2. The number of nitrogen functional groups attached to an aromatic ring is 2. The Morgan fingerprint density at radius 2 is 1.97 bits per heavy atom. The zero-order valence-electron chi connectivity index (χ0n) is 18.3. The first kappa shape index (κ1) is 21.7. The van der Waals surface area contributed by atoms with Gasteiger partial charge < -0.3 is 11.5 Å². The van der Waals surface area contributed by atoms with Gasteiger partial charge in [-0.3, -0.25) is 9.67 Å². The van der Waals surface area contributed by atoms with Crippen molar-refractivity contribution in [2.24, 2.45) is 0 Å². The SMILES string of the molecule is CS(=O)(=O)N1CC(CC#N)(n2ccc(-c3nc(-c4cnc(N)c(N)c4)cc4ncccc34)n2)C1. The Morgan fingerprint density at radius 1 is 1.18 bits per heavy atom. The number of aromatic nitrogens is 5. The van der Waals surface area contributed by atoms with Crippen molar-refractivity contribution in [2.45, 2.75) is 12.0 Å². The highest BCUT2D eigenvalue weighted by Crippen LogP contribution is 2.36.